The van der Waals surface area contributed by atoms with Crippen molar-refractivity contribution < 1.29 is 9.13 Å². The number of likely N-dealkylation sites (N-methyl/N-ethyl adjacent to an activating group) is 2. The van der Waals surface area contributed by atoms with Crippen LogP contribution in [0.25, 0.3) is 27.8 Å². The molecule has 0 bridgehead atoms. The molecule has 0 amide bonds. The highest BCUT2D eigenvalue weighted by Crippen LogP contribution is 2.31. The molecule has 1 saturated heterocycles. The van der Waals surface area contributed by atoms with E-state index in [1.165, 1.54) is 6.07 Å². The number of anilines is 1. The van der Waals surface area contributed by atoms with Crippen LogP contribution in [0.4, 0.5) is 10.2 Å². The summed E-state index contributed by atoms with van der Waals surface area (Å²) in [6, 6.07) is 5.13. The fraction of sp³-hybridized carbons (Fsp3) is 0.409. The highest BCUT2D eigenvalue weighted by atomic mass is 19.1. The van der Waals surface area contributed by atoms with Gasteiger partial charge in [0.05, 0.1) is 24.2 Å². The molecule has 1 aliphatic rings. The van der Waals surface area contributed by atoms with E-state index >= 15 is 4.39 Å². The van der Waals surface area contributed by atoms with Gasteiger partial charge in [0.15, 0.2) is 17.3 Å². The van der Waals surface area contributed by atoms with Gasteiger partial charge in [-0.1, -0.05) is 0 Å². The molecular weight excluding hydrogens is 411 g/mol. The Kier molecular flexibility index (Phi) is 5.40. The number of fused-ring (bicyclic) bond motifs is 2. The monoisotopic (exact) mass is 438 g/mol. The first kappa shape index (κ1) is 20.7. The summed E-state index contributed by atoms with van der Waals surface area (Å²) in [6.07, 6.45) is 3.39. The number of H-pyrrole nitrogens is 1. The highest BCUT2D eigenvalue weighted by Gasteiger charge is 2.20. The molecule has 0 atom stereocenters. The van der Waals surface area contributed by atoms with Crippen LogP contribution in [0.5, 0.6) is 5.75 Å². The minimum Gasteiger partial charge on any atom is -0.497 e. The van der Waals surface area contributed by atoms with E-state index in [0.717, 1.165) is 44.8 Å². The van der Waals surface area contributed by atoms with Crippen LogP contribution in [0, 0.1) is 5.82 Å². The van der Waals surface area contributed by atoms with Crippen LogP contribution in [-0.2, 0) is 0 Å². The summed E-state index contributed by atoms with van der Waals surface area (Å²) in [5, 5.41) is 12.4. The SMILES string of the molecule is COc1ccn2ncc(-c3nc4[nH]nc(N(C)CCN5CCN(C)CC5)c4cc3F)c2c1. The molecule has 0 aromatic carbocycles. The Morgan fingerprint density at radius 3 is 2.81 bits per heavy atom. The summed E-state index contributed by atoms with van der Waals surface area (Å²) in [4.78, 5) is 11.4. The van der Waals surface area contributed by atoms with Crippen molar-refractivity contribution in [2.75, 3.05) is 65.4 Å². The number of hydrogen-bond donors (Lipinski definition) is 1. The fourth-order valence-electron chi connectivity index (χ4n) is 4.13. The molecule has 1 fully saturated rings. The van der Waals surface area contributed by atoms with E-state index in [1.54, 1.807) is 30.1 Å². The largest absolute Gasteiger partial charge is 0.497 e. The van der Waals surface area contributed by atoms with Crippen LogP contribution < -0.4 is 9.64 Å². The Balaban J connectivity index is 1.41. The molecule has 5 rings (SSSR count). The third-order valence-electron chi connectivity index (χ3n) is 6.18. The number of aromatic amines is 1. The number of aromatic nitrogens is 5. The summed E-state index contributed by atoms with van der Waals surface area (Å²) < 4.78 is 22.2. The molecule has 0 saturated carbocycles. The van der Waals surface area contributed by atoms with Crippen molar-refractivity contribution in [1.82, 2.24) is 34.6 Å². The molecule has 1 N–H and O–H groups in total. The van der Waals surface area contributed by atoms with Gasteiger partial charge < -0.3 is 14.5 Å². The molecule has 0 spiro atoms. The van der Waals surface area contributed by atoms with Crippen molar-refractivity contribution in [3.8, 4) is 17.0 Å². The molecular formula is C22H27FN8O. The van der Waals surface area contributed by atoms with Gasteiger partial charge in [0.1, 0.15) is 11.4 Å². The van der Waals surface area contributed by atoms with Crippen molar-refractivity contribution in [3.63, 3.8) is 0 Å². The third kappa shape index (κ3) is 3.76. The van der Waals surface area contributed by atoms with Gasteiger partial charge in [-0.25, -0.2) is 13.9 Å². The second-order valence-corrected chi connectivity index (χ2v) is 8.28. The standard InChI is InChI=1S/C22H27FN8O/c1-28-6-9-30(10-7-28)11-8-29(2)22-16-13-18(23)20(25-21(16)26-27-22)17-14-24-31-5-4-15(32-3)12-19(17)31/h4-5,12-14H,6-11H2,1-3H3,(H,25,26,27). The van der Waals surface area contributed by atoms with Crippen LogP contribution in [0.2, 0.25) is 0 Å². The lowest BCUT2D eigenvalue weighted by molar-refractivity contribution is 0.157. The summed E-state index contributed by atoms with van der Waals surface area (Å²) in [5.74, 6) is 0.963. The molecule has 168 valence electrons. The molecule has 4 aromatic heterocycles. The van der Waals surface area contributed by atoms with Crippen LogP contribution in [0.15, 0.2) is 30.6 Å². The van der Waals surface area contributed by atoms with Crippen molar-refractivity contribution >= 4 is 22.4 Å². The molecule has 1 aliphatic heterocycles. The summed E-state index contributed by atoms with van der Waals surface area (Å²) in [7, 11) is 5.73. The highest BCUT2D eigenvalue weighted by molar-refractivity contribution is 5.90. The smallest absolute Gasteiger partial charge is 0.159 e. The molecule has 0 aliphatic carbocycles. The van der Waals surface area contributed by atoms with Gasteiger partial charge in [-0.05, 0) is 19.2 Å². The van der Waals surface area contributed by atoms with Gasteiger partial charge in [-0.3, -0.25) is 10.00 Å². The van der Waals surface area contributed by atoms with E-state index in [1.807, 2.05) is 13.1 Å². The lowest BCUT2D eigenvalue weighted by atomic mass is 10.1. The summed E-state index contributed by atoms with van der Waals surface area (Å²) >= 11 is 0. The van der Waals surface area contributed by atoms with Crippen molar-refractivity contribution in [1.29, 1.82) is 0 Å². The first-order valence-electron chi connectivity index (χ1n) is 10.7. The number of halogens is 1. The van der Waals surface area contributed by atoms with Crippen molar-refractivity contribution in [2.45, 2.75) is 0 Å². The Morgan fingerprint density at radius 1 is 1.22 bits per heavy atom. The molecule has 10 heteroatoms. The van der Waals surface area contributed by atoms with Crippen molar-refractivity contribution in [2.24, 2.45) is 0 Å². The second-order valence-electron chi connectivity index (χ2n) is 8.28. The zero-order chi connectivity index (χ0) is 22.2. The van der Waals surface area contributed by atoms with Crippen LogP contribution in [0.1, 0.15) is 0 Å². The number of hydrogen-bond acceptors (Lipinski definition) is 7. The van der Waals surface area contributed by atoms with Gasteiger partial charge in [0.25, 0.3) is 0 Å². The maximum atomic E-state index is 15.2. The van der Waals surface area contributed by atoms with Gasteiger partial charge in [0.2, 0.25) is 0 Å². The molecule has 0 radical (unpaired) electrons. The summed E-state index contributed by atoms with van der Waals surface area (Å²) in [6.45, 7) is 6.05. The minimum atomic E-state index is -0.412. The first-order chi connectivity index (χ1) is 15.5. The number of nitrogens with zero attached hydrogens (tertiary/aromatic N) is 7. The number of methoxy groups -OCH3 is 1. The molecule has 5 heterocycles. The predicted molar refractivity (Wildman–Crippen MR) is 122 cm³/mol. The van der Waals surface area contributed by atoms with E-state index in [2.05, 4.69) is 42.0 Å². The van der Waals surface area contributed by atoms with E-state index in [-0.39, 0.29) is 5.69 Å². The maximum Gasteiger partial charge on any atom is 0.159 e. The quantitative estimate of drug-likeness (QED) is 0.494. The normalized spacial score (nSPS) is 15.6. The van der Waals surface area contributed by atoms with Crippen LogP contribution in [0.3, 0.4) is 0 Å². The van der Waals surface area contributed by atoms with Crippen LogP contribution >= 0.6 is 0 Å². The molecule has 4 aromatic rings. The Morgan fingerprint density at radius 2 is 2.03 bits per heavy atom. The lowest BCUT2D eigenvalue weighted by Crippen LogP contribution is -2.46. The molecule has 0 unspecified atom stereocenters. The van der Waals surface area contributed by atoms with Crippen molar-refractivity contribution in [3.05, 3.63) is 36.4 Å². The number of piperazine rings is 1. The van der Waals surface area contributed by atoms with Gasteiger partial charge in [-0.2, -0.15) is 10.2 Å². The lowest BCUT2D eigenvalue weighted by Gasteiger charge is -2.33. The Hall–Kier alpha value is -3.24. The molecule has 32 heavy (non-hydrogen) atoms. The number of nitrogens with one attached hydrogen (secondary N) is 1. The zero-order valence-corrected chi connectivity index (χ0v) is 18.5. The first-order valence-corrected chi connectivity index (χ1v) is 10.7. The van der Waals surface area contributed by atoms with E-state index in [9.17, 15) is 0 Å². The maximum absolute atomic E-state index is 15.2. The Bertz CT molecular complexity index is 1240. The minimum absolute atomic E-state index is 0.232. The third-order valence-corrected chi connectivity index (χ3v) is 6.18. The number of ether oxygens (including phenoxy) is 1. The van der Waals surface area contributed by atoms with Crippen LogP contribution in [-0.4, -0.2) is 95.1 Å². The summed E-state index contributed by atoms with van der Waals surface area (Å²) in [5.41, 5.74) is 2.10. The number of pyridine rings is 2. The Labute approximate surface area is 185 Å². The molecule has 9 nitrogen and oxygen atoms in total. The van der Waals surface area contributed by atoms with Gasteiger partial charge in [0, 0.05) is 64.1 Å². The van der Waals surface area contributed by atoms with Gasteiger partial charge >= 0.3 is 0 Å². The van der Waals surface area contributed by atoms with Gasteiger partial charge in [-0.15, -0.1) is 0 Å². The second kappa shape index (κ2) is 8.36. The van der Waals surface area contributed by atoms with E-state index in [0.29, 0.717) is 28.2 Å². The average molecular weight is 439 g/mol. The fourth-order valence-corrected chi connectivity index (χ4v) is 4.13. The topological polar surface area (TPSA) is 77.8 Å². The predicted octanol–water partition coefficient (Wildman–Crippen LogP) is 2.10. The van der Waals surface area contributed by atoms with E-state index < -0.39 is 5.82 Å². The van der Waals surface area contributed by atoms with E-state index in [4.69, 9.17) is 4.74 Å². The number of rotatable bonds is 6. The average Bonchev–Trinajstić information content (AvgIpc) is 3.41. The zero-order valence-electron chi connectivity index (χ0n) is 18.5.